The van der Waals surface area contributed by atoms with Gasteiger partial charge in [0, 0.05) is 6.42 Å². The Kier molecular flexibility index (Phi) is 4.33. The number of rotatable bonds is 4. The van der Waals surface area contributed by atoms with E-state index >= 15 is 0 Å². The van der Waals surface area contributed by atoms with Crippen LogP contribution in [0.1, 0.15) is 23.9 Å². The second-order valence-electron chi connectivity index (χ2n) is 3.72. The molecule has 6 heteroatoms. The van der Waals surface area contributed by atoms with E-state index in [-0.39, 0.29) is 0 Å². The summed E-state index contributed by atoms with van der Waals surface area (Å²) in [6.07, 6.45) is 5.43. The van der Waals surface area contributed by atoms with Crippen LogP contribution >= 0.6 is 23.2 Å². The van der Waals surface area contributed by atoms with Crippen molar-refractivity contribution in [2.75, 3.05) is 0 Å². The van der Waals surface area contributed by atoms with Gasteiger partial charge in [-0.25, -0.2) is 0 Å². The zero-order valence-electron chi connectivity index (χ0n) is 9.82. The first-order chi connectivity index (χ1) is 8.72. The first-order valence-corrected chi connectivity index (χ1v) is 6.33. The van der Waals surface area contributed by atoms with Crippen molar-refractivity contribution in [2.24, 2.45) is 0 Å². The number of tetrazole rings is 1. The van der Waals surface area contributed by atoms with Crippen LogP contribution in [0.25, 0.3) is 6.08 Å². The smallest absolute Gasteiger partial charge is 0.177 e. The molecule has 94 valence electrons. The van der Waals surface area contributed by atoms with E-state index in [1.165, 1.54) is 0 Å². The molecule has 0 aliphatic rings. The maximum Gasteiger partial charge on any atom is 0.178 e. The van der Waals surface area contributed by atoms with Gasteiger partial charge in [-0.3, -0.25) is 0 Å². The van der Waals surface area contributed by atoms with Crippen molar-refractivity contribution in [1.82, 2.24) is 20.6 Å². The molecule has 1 aromatic heterocycles. The molecule has 2 aromatic rings. The van der Waals surface area contributed by atoms with Gasteiger partial charge in [0.25, 0.3) is 0 Å². The van der Waals surface area contributed by atoms with Crippen LogP contribution in [-0.2, 0) is 12.8 Å². The summed E-state index contributed by atoms with van der Waals surface area (Å²) in [6, 6.07) is 3.76. The van der Waals surface area contributed by atoms with Crippen LogP contribution in [0.3, 0.4) is 0 Å². The van der Waals surface area contributed by atoms with Crippen molar-refractivity contribution in [3.63, 3.8) is 0 Å². The van der Waals surface area contributed by atoms with Crippen molar-refractivity contribution in [1.29, 1.82) is 0 Å². The Balaban J connectivity index is 2.18. The molecule has 0 saturated carbocycles. The van der Waals surface area contributed by atoms with Gasteiger partial charge in [-0.2, -0.15) is 5.21 Å². The molecule has 18 heavy (non-hydrogen) atoms. The lowest BCUT2D eigenvalue weighted by Crippen LogP contribution is -1.90. The molecule has 1 aromatic carbocycles. The van der Waals surface area contributed by atoms with Crippen LogP contribution in [0.15, 0.2) is 18.2 Å². The molecule has 0 fully saturated rings. The van der Waals surface area contributed by atoms with Crippen LogP contribution in [0.5, 0.6) is 0 Å². The topological polar surface area (TPSA) is 54.5 Å². The third-order valence-corrected chi connectivity index (χ3v) is 3.42. The number of benzene rings is 1. The van der Waals surface area contributed by atoms with Crippen LogP contribution in [0.4, 0.5) is 0 Å². The summed E-state index contributed by atoms with van der Waals surface area (Å²) in [5.41, 5.74) is 2.11. The van der Waals surface area contributed by atoms with Gasteiger partial charge in [-0.15, -0.1) is 10.2 Å². The standard InChI is InChI=1S/C12H12Cl2N4/c1-2-9-8(6-7-10(13)12(9)14)4-3-5-11-15-17-18-16-11/h3-4,6-7H,2,5H2,1H3,(H,15,16,17,18). The zero-order chi connectivity index (χ0) is 13.0. The lowest BCUT2D eigenvalue weighted by molar-refractivity contribution is 0.881. The number of halogens is 2. The number of allylic oxidation sites excluding steroid dienone is 1. The normalized spacial score (nSPS) is 11.3. The van der Waals surface area contributed by atoms with Crippen LogP contribution in [0.2, 0.25) is 10.0 Å². The summed E-state index contributed by atoms with van der Waals surface area (Å²) < 4.78 is 0. The van der Waals surface area contributed by atoms with Gasteiger partial charge in [0.1, 0.15) is 0 Å². The maximum absolute atomic E-state index is 6.17. The number of H-pyrrole nitrogens is 1. The quantitative estimate of drug-likeness (QED) is 0.936. The van der Waals surface area contributed by atoms with E-state index in [1.807, 2.05) is 25.1 Å². The average Bonchev–Trinajstić information content (AvgIpc) is 2.87. The molecular formula is C12H12Cl2N4. The molecule has 0 spiro atoms. The summed E-state index contributed by atoms with van der Waals surface area (Å²) in [7, 11) is 0. The lowest BCUT2D eigenvalue weighted by Gasteiger charge is -2.07. The summed E-state index contributed by atoms with van der Waals surface area (Å²) >= 11 is 12.2. The molecule has 4 nitrogen and oxygen atoms in total. The van der Waals surface area contributed by atoms with Crippen LogP contribution in [-0.4, -0.2) is 20.6 Å². The summed E-state index contributed by atoms with van der Waals surface area (Å²) in [5.74, 6) is 0.657. The highest BCUT2D eigenvalue weighted by atomic mass is 35.5. The molecule has 0 bridgehead atoms. The van der Waals surface area contributed by atoms with Crippen molar-refractivity contribution in [3.05, 3.63) is 45.2 Å². The predicted molar refractivity (Wildman–Crippen MR) is 72.8 cm³/mol. The molecule has 0 aliphatic carbocycles. The highest BCUT2D eigenvalue weighted by molar-refractivity contribution is 6.42. The lowest BCUT2D eigenvalue weighted by atomic mass is 10.0. The molecule has 1 N–H and O–H groups in total. The van der Waals surface area contributed by atoms with Crippen LogP contribution < -0.4 is 0 Å². The minimum atomic E-state index is 0.587. The predicted octanol–water partition coefficient (Wildman–Crippen LogP) is 3.32. The monoisotopic (exact) mass is 282 g/mol. The van der Waals surface area contributed by atoms with Gasteiger partial charge in [0.15, 0.2) is 5.82 Å². The van der Waals surface area contributed by atoms with Crippen molar-refractivity contribution in [3.8, 4) is 0 Å². The molecule has 1 heterocycles. The van der Waals surface area contributed by atoms with E-state index in [2.05, 4.69) is 20.6 Å². The second kappa shape index (κ2) is 5.98. The fourth-order valence-corrected chi connectivity index (χ4v) is 2.17. The maximum atomic E-state index is 6.17. The van der Waals surface area contributed by atoms with Crippen molar-refractivity contribution in [2.45, 2.75) is 19.8 Å². The summed E-state index contributed by atoms with van der Waals surface area (Å²) in [5, 5.41) is 14.9. The molecule has 0 atom stereocenters. The molecule has 2 rings (SSSR count). The summed E-state index contributed by atoms with van der Waals surface area (Å²) in [4.78, 5) is 0. The number of nitrogens with zero attached hydrogens (tertiary/aromatic N) is 3. The number of hydrogen-bond donors (Lipinski definition) is 1. The Morgan fingerprint density at radius 1 is 1.33 bits per heavy atom. The van der Waals surface area contributed by atoms with Gasteiger partial charge < -0.3 is 0 Å². The SMILES string of the molecule is CCc1c(C=CCc2nn[nH]n2)ccc(Cl)c1Cl. The Hall–Kier alpha value is -1.39. The highest BCUT2D eigenvalue weighted by Crippen LogP contribution is 2.29. The molecule has 0 amide bonds. The number of nitrogens with one attached hydrogen (secondary N) is 1. The van der Waals surface area contributed by atoms with Gasteiger partial charge in [0.05, 0.1) is 10.0 Å². The van der Waals surface area contributed by atoms with Gasteiger partial charge >= 0.3 is 0 Å². The van der Waals surface area contributed by atoms with E-state index in [0.717, 1.165) is 17.5 Å². The third-order valence-electron chi connectivity index (χ3n) is 2.57. The Morgan fingerprint density at radius 2 is 2.17 bits per heavy atom. The Morgan fingerprint density at radius 3 is 2.83 bits per heavy atom. The van der Waals surface area contributed by atoms with Gasteiger partial charge in [-0.1, -0.05) is 53.6 Å². The van der Waals surface area contributed by atoms with E-state index < -0.39 is 0 Å². The van der Waals surface area contributed by atoms with E-state index in [4.69, 9.17) is 23.2 Å². The third kappa shape index (κ3) is 2.89. The highest BCUT2D eigenvalue weighted by Gasteiger charge is 2.06. The average molecular weight is 283 g/mol. The van der Waals surface area contributed by atoms with Crippen molar-refractivity contribution >= 4 is 29.3 Å². The van der Waals surface area contributed by atoms with E-state index in [1.54, 1.807) is 6.07 Å². The molecule has 0 aliphatic heterocycles. The zero-order valence-corrected chi connectivity index (χ0v) is 11.3. The van der Waals surface area contributed by atoms with Crippen LogP contribution in [0, 0.1) is 0 Å². The van der Waals surface area contributed by atoms with Gasteiger partial charge in [0.2, 0.25) is 0 Å². The van der Waals surface area contributed by atoms with Gasteiger partial charge in [-0.05, 0) is 23.6 Å². The molecule has 0 saturated heterocycles. The largest absolute Gasteiger partial charge is 0.178 e. The fraction of sp³-hybridized carbons (Fsp3) is 0.250. The fourth-order valence-electron chi connectivity index (χ4n) is 1.68. The molecular weight excluding hydrogens is 271 g/mol. The molecule has 0 radical (unpaired) electrons. The second-order valence-corrected chi connectivity index (χ2v) is 4.50. The first kappa shape index (κ1) is 13.1. The van der Waals surface area contributed by atoms with E-state index in [0.29, 0.717) is 22.3 Å². The number of hydrogen-bond acceptors (Lipinski definition) is 3. The first-order valence-electron chi connectivity index (χ1n) is 5.58. The molecule has 0 unspecified atom stereocenters. The van der Waals surface area contributed by atoms with E-state index in [9.17, 15) is 0 Å². The minimum Gasteiger partial charge on any atom is -0.177 e. The summed E-state index contributed by atoms with van der Waals surface area (Å²) in [6.45, 7) is 2.05. The number of aromatic amines is 1. The Bertz CT molecular complexity index is 549. The Labute approximate surface area is 115 Å². The minimum absolute atomic E-state index is 0.587. The van der Waals surface area contributed by atoms with Crippen molar-refractivity contribution < 1.29 is 0 Å². The number of aromatic nitrogens is 4.